The van der Waals surface area contributed by atoms with Crippen LogP contribution >= 0.6 is 0 Å². The van der Waals surface area contributed by atoms with Crippen LogP contribution in [0.4, 0.5) is 28.4 Å². The molecule has 4 aromatic rings. The number of hydrogen-bond acceptors (Lipinski definition) is 20. The molecule has 298 valence electrons. The first-order chi connectivity index (χ1) is 25.3. The van der Waals surface area contributed by atoms with Crippen LogP contribution in [0.2, 0.25) is 0 Å². The molecule has 4 rings (SSSR count). The molecule has 0 heterocycles. The van der Waals surface area contributed by atoms with E-state index in [0.717, 1.165) is 61.0 Å². The molecule has 0 aliphatic carbocycles. The summed E-state index contributed by atoms with van der Waals surface area (Å²) in [6.07, 6.45) is 1.51. The van der Waals surface area contributed by atoms with Gasteiger partial charge in [-0.1, -0.05) is 0 Å². The zero-order valence-corrected chi connectivity index (χ0v) is 32.9. The fraction of sp³-hybridized carbons (Fsp3) is 0.214. The highest BCUT2D eigenvalue weighted by atomic mass is 32.2. The summed E-state index contributed by atoms with van der Waals surface area (Å²) in [5.74, 6) is -2.28. The van der Waals surface area contributed by atoms with Gasteiger partial charge >= 0.3 is 0 Å². The van der Waals surface area contributed by atoms with Crippen molar-refractivity contribution in [3.05, 3.63) is 60.7 Å². The Morgan fingerprint density at radius 2 is 1.11 bits per heavy atom. The topological polar surface area (TPSA) is 345 Å². The summed E-state index contributed by atoms with van der Waals surface area (Å²) in [5, 5.41) is 25.8. The van der Waals surface area contributed by atoms with E-state index in [-0.39, 0.29) is 26.6 Å². The number of nitrogens with two attached hydrogens (primary N) is 1. The quantitative estimate of drug-likeness (QED) is 0.0478. The van der Waals surface area contributed by atoms with Crippen molar-refractivity contribution >= 4 is 100 Å². The van der Waals surface area contributed by atoms with Gasteiger partial charge in [0.1, 0.15) is 16.3 Å². The molecule has 0 spiro atoms. The number of nitrogens with zero attached hydrogens (tertiary/aromatic N) is 4. The molecule has 0 fully saturated rings. The smallest absolute Gasteiger partial charge is 0.296 e. The molecule has 0 saturated carbocycles. The third-order valence-electron chi connectivity index (χ3n) is 6.99. The SMILES string of the molecule is CS(=O)(=O)OCCS(=O)(=O)c1ccc(N=Nc2c(S(=O)(=O)O)cc3cc(S(=O)[O-])c(N=Nc4ccc(S(=O)(=O)CCOS(C)(=O)=O)cc4)c(O)c3c2N)cc1. The van der Waals surface area contributed by atoms with Crippen LogP contribution in [0.1, 0.15) is 0 Å². The first kappa shape index (κ1) is 43.4. The Balaban J connectivity index is 1.72. The Morgan fingerprint density at radius 1 is 0.691 bits per heavy atom. The number of phenolic OH excluding ortho intramolecular Hbond substituents is 1. The molecule has 27 heteroatoms. The number of hydrogen-bond donors (Lipinski definition) is 3. The number of azo groups is 2. The minimum Gasteiger partial charge on any atom is -0.768 e. The van der Waals surface area contributed by atoms with E-state index in [0.29, 0.717) is 0 Å². The zero-order valence-electron chi connectivity index (χ0n) is 28.0. The van der Waals surface area contributed by atoms with E-state index in [2.05, 4.69) is 28.8 Å². The van der Waals surface area contributed by atoms with Gasteiger partial charge in [-0.25, -0.2) is 16.8 Å². The van der Waals surface area contributed by atoms with Crippen molar-refractivity contribution in [1.29, 1.82) is 0 Å². The molecule has 21 nitrogen and oxygen atoms in total. The Labute approximate surface area is 317 Å². The van der Waals surface area contributed by atoms with Crippen LogP contribution in [0.15, 0.2) is 101 Å². The Kier molecular flexibility index (Phi) is 13.0. The molecule has 0 saturated heterocycles. The van der Waals surface area contributed by atoms with Crippen molar-refractivity contribution in [3.63, 3.8) is 0 Å². The summed E-state index contributed by atoms with van der Waals surface area (Å²) in [6.45, 7) is -1.27. The van der Waals surface area contributed by atoms with Gasteiger partial charge in [-0.15, -0.1) is 10.2 Å². The largest absolute Gasteiger partial charge is 0.768 e. The molecule has 0 bridgehead atoms. The highest BCUT2D eigenvalue weighted by Crippen LogP contribution is 2.48. The third-order valence-corrected chi connectivity index (χ3v) is 13.1. The maximum atomic E-state index is 12.5. The molecule has 0 aromatic heterocycles. The van der Waals surface area contributed by atoms with Gasteiger partial charge in [0, 0.05) is 0 Å². The van der Waals surface area contributed by atoms with E-state index in [9.17, 15) is 60.5 Å². The predicted molar refractivity (Wildman–Crippen MR) is 194 cm³/mol. The lowest BCUT2D eigenvalue weighted by Gasteiger charge is -2.16. The van der Waals surface area contributed by atoms with Crippen molar-refractivity contribution in [1.82, 2.24) is 0 Å². The first-order valence-electron chi connectivity index (χ1n) is 14.7. The molecule has 0 aliphatic rings. The molecule has 0 aliphatic heterocycles. The molecule has 1 atom stereocenters. The average molecular weight is 883 g/mol. The first-order valence-corrected chi connectivity index (χ1v) is 24.1. The number of anilines is 1. The fourth-order valence-corrected chi connectivity index (χ4v) is 8.87. The fourth-order valence-electron chi connectivity index (χ4n) is 4.52. The predicted octanol–water partition coefficient (Wildman–Crippen LogP) is 2.94. The summed E-state index contributed by atoms with van der Waals surface area (Å²) >= 11 is -3.14. The Hall–Kier alpha value is -4.32. The number of nitrogen functional groups attached to an aromatic ring is 1. The number of aromatic hydroxyl groups is 1. The summed E-state index contributed by atoms with van der Waals surface area (Å²) in [7, 11) is -20.9. The second kappa shape index (κ2) is 16.4. The van der Waals surface area contributed by atoms with E-state index in [4.69, 9.17) is 5.73 Å². The van der Waals surface area contributed by atoms with Crippen LogP contribution in [-0.4, -0.2) is 97.7 Å². The number of benzene rings is 4. The average Bonchev–Trinajstić information content (AvgIpc) is 3.05. The van der Waals surface area contributed by atoms with Gasteiger partial charge in [0.05, 0.1) is 74.4 Å². The van der Waals surface area contributed by atoms with Crippen molar-refractivity contribution in [3.8, 4) is 5.75 Å². The van der Waals surface area contributed by atoms with Crippen molar-refractivity contribution in [2.45, 2.75) is 19.6 Å². The maximum Gasteiger partial charge on any atom is 0.296 e. The lowest BCUT2D eigenvalue weighted by molar-refractivity contribution is 0.341. The number of phenols is 1. The molecule has 4 N–H and O–H groups in total. The van der Waals surface area contributed by atoms with Crippen molar-refractivity contribution in [2.75, 3.05) is 43.0 Å². The summed E-state index contributed by atoms with van der Waals surface area (Å²) in [4.78, 5) is -2.14. The van der Waals surface area contributed by atoms with Gasteiger partial charge in [0.15, 0.2) is 25.4 Å². The second-order valence-corrected chi connectivity index (χ2v) is 20.9. The van der Waals surface area contributed by atoms with E-state index in [1.165, 1.54) is 12.1 Å². The lowest BCUT2D eigenvalue weighted by atomic mass is 10.1. The van der Waals surface area contributed by atoms with Crippen LogP contribution in [0.5, 0.6) is 5.75 Å². The monoisotopic (exact) mass is 882 g/mol. The number of fused-ring (bicyclic) bond motifs is 1. The third kappa shape index (κ3) is 11.4. The van der Waals surface area contributed by atoms with Crippen LogP contribution < -0.4 is 5.73 Å². The molecule has 0 radical (unpaired) electrons. The normalized spacial score (nSPS) is 13.9. The molecule has 55 heavy (non-hydrogen) atoms. The number of sulfone groups is 2. The van der Waals surface area contributed by atoms with Gasteiger partial charge in [-0.05, 0) is 77.1 Å². The zero-order chi connectivity index (χ0) is 41.1. The van der Waals surface area contributed by atoms with Gasteiger partial charge < -0.3 is 15.4 Å². The van der Waals surface area contributed by atoms with Crippen molar-refractivity contribution in [2.24, 2.45) is 20.5 Å². The Bertz CT molecular complexity index is 2790. The standard InChI is InChI=1S/C28H29N5O16S6/c1-51(37,38)48-11-13-53(41,42)20-7-3-18(4-8-20)30-32-26-22(50(35)36)15-17-16-23(55(45,46)47)27(25(29)24(17)28(26)34)33-31-19-5-9-21(10-6-19)54(43,44)14-12-49-52(2,39)40/h3-10,15-16,34H,11-14,29H2,1-2H3,(H,35,36)(H,45,46,47)/p-1. The van der Waals surface area contributed by atoms with Gasteiger partial charge in [-0.2, -0.15) is 35.5 Å². The lowest BCUT2D eigenvalue weighted by Crippen LogP contribution is -2.15. The minimum absolute atomic E-state index is 0.0429. The van der Waals surface area contributed by atoms with E-state index in [1.54, 1.807) is 0 Å². The van der Waals surface area contributed by atoms with Gasteiger partial charge in [0.2, 0.25) is 0 Å². The molecular weight excluding hydrogens is 855 g/mol. The van der Waals surface area contributed by atoms with E-state index < -0.39 is 124 Å². The Morgan fingerprint density at radius 3 is 1.49 bits per heavy atom. The minimum atomic E-state index is -5.15. The molecule has 0 amide bonds. The highest BCUT2D eigenvalue weighted by Gasteiger charge is 2.25. The molecular formula is C28H28N5O16S6-. The molecule has 1 unspecified atom stereocenters. The van der Waals surface area contributed by atoms with Crippen LogP contribution in [0.25, 0.3) is 10.8 Å². The molecule has 4 aromatic carbocycles. The van der Waals surface area contributed by atoms with Gasteiger partial charge in [0.25, 0.3) is 30.4 Å². The van der Waals surface area contributed by atoms with Gasteiger partial charge in [-0.3, -0.25) is 17.1 Å². The summed E-state index contributed by atoms with van der Waals surface area (Å²) in [5.41, 5.74) is 4.05. The summed E-state index contributed by atoms with van der Waals surface area (Å²) < 4.78 is 163. The van der Waals surface area contributed by atoms with Crippen LogP contribution in [0.3, 0.4) is 0 Å². The van der Waals surface area contributed by atoms with Crippen LogP contribution in [0, 0.1) is 0 Å². The van der Waals surface area contributed by atoms with E-state index in [1.807, 2.05) is 0 Å². The van der Waals surface area contributed by atoms with Crippen molar-refractivity contribution < 1.29 is 68.9 Å². The maximum absolute atomic E-state index is 12.5. The second-order valence-electron chi connectivity index (χ2n) is 11.1. The highest BCUT2D eigenvalue weighted by molar-refractivity contribution is 7.92. The van der Waals surface area contributed by atoms with E-state index >= 15 is 0 Å². The number of rotatable bonds is 16. The van der Waals surface area contributed by atoms with Crippen LogP contribution in [-0.2, 0) is 69.5 Å². The summed E-state index contributed by atoms with van der Waals surface area (Å²) in [6, 6.07) is 10.6.